The largest absolute Gasteiger partial charge is 0.496 e. The molecule has 6 nitrogen and oxygen atoms in total. The molecule has 0 unspecified atom stereocenters. The molecule has 2 N–H and O–H groups in total. The average molecular weight is 373 g/mol. The molecule has 0 bridgehead atoms. The highest BCUT2D eigenvalue weighted by atomic mass is 16.5. The van der Waals surface area contributed by atoms with Crippen LogP contribution >= 0.6 is 0 Å². The van der Waals surface area contributed by atoms with E-state index in [2.05, 4.69) is 59.6 Å². The molecule has 0 spiro atoms. The zero-order valence-electron chi connectivity index (χ0n) is 17.3. The predicted octanol–water partition coefficient (Wildman–Crippen LogP) is 3.59. The highest BCUT2D eigenvalue weighted by Crippen LogP contribution is 2.22. The van der Waals surface area contributed by atoms with Crippen molar-refractivity contribution in [3.8, 4) is 5.75 Å². The third-order valence-corrected chi connectivity index (χ3v) is 4.19. The van der Waals surface area contributed by atoms with Gasteiger partial charge in [0.25, 0.3) is 0 Å². The standard InChI is InChI=1S/C21H32N4O2/c1-7-22-20(25-14-19-24-13-18(27-19)21(3,4)5)23-11-10-16-9-8-15(2)17(12-16)26-6/h8-9,12-13H,7,10-11,14H2,1-6H3,(H2,22,23,25). The van der Waals surface area contributed by atoms with E-state index >= 15 is 0 Å². The van der Waals surface area contributed by atoms with Gasteiger partial charge in [-0.1, -0.05) is 32.9 Å². The Hall–Kier alpha value is -2.50. The van der Waals surface area contributed by atoms with Crippen molar-refractivity contribution in [2.24, 2.45) is 4.99 Å². The Kier molecular flexibility index (Phi) is 7.28. The van der Waals surface area contributed by atoms with Crippen molar-refractivity contribution in [1.82, 2.24) is 15.6 Å². The number of nitrogens with one attached hydrogen (secondary N) is 2. The fourth-order valence-electron chi connectivity index (χ4n) is 2.56. The molecule has 1 aromatic carbocycles. The Labute approximate surface area is 162 Å². The minimum Gasteiger partial charge on any atom is -0.496 e. The first kappa shape index (κ1) is 20.8. The van der Waals surface area contributed by atoms with Crippen molar-refractivity contribution in [2.75, 3.05) is 20.2 Å². The minimum atomic E-state index is -0.0488. The monoisotopic (exact) mass is 372 g/mol. The van der Waals surface area contributed by atoms with E-state index in [1.807, 2.05) is 13.8 Å². The summed E-state index contributed by atoms with van der Waals surface area (Å²) in [6.07, 6.45) is 2.67. The van der Waals surface area contributed by atoms with Crippen LogP contribution < -0.4 is 15.4 Å². The first-order chi connectivity index (χ1) is 12.8. The lowest BCUT2D eigenvalue weighted by atomic mass is 9.94. The van der Waals surface area contributed by atoms with Gasteiger partial charge in [0.15, 0.2) is 5.96 Å². The Bertz CT molecular complexity index is 760. The van der Waals surface area contributed by atoms with Crippen LogP contribution in [0.2, 0.25) is 0 Å². The highest BCUT2D eigenvalue weighted by molar-refractivity contribution is 5.79. The molecule has 0 atom stereocenters. The molecule has 0 amide bonds. The van der Waals surface area contributed by atoms with Gasteiger partial charge in [-0.15, -0.1) is 0 Å². The Morgan fingerprint density at radius 3 is 2.67 bits per heavy atom. The summed E-state index contributed by atoms with van der Waals surface area (Å²) in [6.45, 7) is 12.4. The lowest BCUT2D eigenvalue weighted by Gasteiger charge is -2.13. The van der Waals surface area contributed by atoms with Crippen LogP contribution in [0.1, 0.15) is 50.5 Å². The van der Waals surface area contributed by atoms with Gasteiger partial charge in [-0.05, 0) is 37.5 Å². The lowest BCUT2D eigenvalue weighted by Crippen LogP contribution is -2.38. The molecule has 0 saturated heterocycles. The van der Waals surface area contributed by atoms with Gasteiger partial charge in [-0.3, -0.25) is 0 Å². The summed E-state index contributed by atoms with van der Waals surface area (Å²) < 4.78 is 11.2. The molecule has 2 aromatic rings. The molecule has 0 aliphatic carbocycles. The molecule has 2 rings (SSSR count). The van der Waals surface area contributed by atoms with Crippen LogP contribution in [0.3, 0.4) is 0 Å². The predicted molar refractivity (Wildman–Crippen MR) is 109 cm³/mol. The number of hydrogen-bond acceptors (Lipinski definition) is 4. The number of methoxy groups -OCH3 is 1. The van der Waals surface area contributed by atoms with Gasteiger partial charge < -0.3 is 19.8 Å². The van der Waals surface area contributed by atoms with E-state index in [0.29, 0.717) is 12.4 Å². The zero-order chi connectivity index (χ0) is 19.9. The summed E-state index contributed by atoms with van der Waals surface area (Å²) in [7, 11) is 1.70. The molecule has 0 saturated carbocycles. The molecule has 1 heterocycles. The van der Waals surface area contributed by atoms with Gasteiger partial charge in [0.1, 0.15) is 18.1 Å². The molecule has 6 heteroatoms. The van der Waals surface area contributed by atoms with Crippen molar-refractivity contribution in [1.29, 1.82) is 0 Å². The van der Waals surface area contributed by atoms with E-state index < -0.39 is 0 Å². The van der Waals surface area contributed by atoms with E-state index in [-0.39, 0.29) is 5.41 Å². The minimum absolute atomic E-state index is 0.0488. The van der Waals surface area contributed by atoms with Gasteiger partial charge in [-0.25, -0.2) is 9.98 Å². The molecule has 1 aromatic heterocycles. The van der Waals surface area contributed by atoms with Crippen LogP contribution in [0, 0.1) is 6.92 Å². The topological polar surface area (TPSA) is 71.7 Å². The van der Waals surface area contributed by atoms with Crippen LogP contribution in [0.4, 0.5) is 0 Å². The molecule has 0 radical (unpaired) electrons. The van der Waals surface area contributed by atoms with Gasteiger partial charge in [0, 0.05) is 18.5 Å². The quantitative estimate of drug-likeness (QED) is 0.574. The molecule has 27 heavy (non-hydrogen) atoms. The molecule has 0 aliphatic heterocycles. The van der Waals surface area contributed by atoms with Crippen molar-refractivity contribution < 1.29 is 9.15 Å². The number of aryl methyl sites for hydroxylation is 1. The van der Waals surface area contributed by atoms with E-state index in [1.165, 1.54) is 5.56 Å². The van der Waals surface area contributed by atoms with Crippen molar-refractivity contribution in [3.05, 3.63) is 47.2 Å². The highest BCUT2D eigenvalue weighted by Gasteiger charge is 2.19. The summed E-state index contributed by atoms with van der Waals surface area (Å²) in [5.74, 6) is 3.18. The number of aromatic nitrogens is 1. The third-order valence-electron chi connectivity index (χ3n) is 4.19. The van der Waals surface area contributed by atoms with Gasteiger partial charge in [-0.2, -0.15) is 0 Å². The average Bonchev–Trinajstić information content (AvgIpc) is 3.10. The maximum atomic E-state index is 5.80. The third kappa shape index (κ3) is 6.31. The summed E-state index contributed by atoms with van der Waals surface area (Å²) in [6, 6.07) is 6.30. The second-order valence-corrected chi connectivity index (χ2v) is 7.54. The van der Waals surface area contributed by atoms with Crippen LogP contribution in [-0.4, -0.2) is 31.1 Å². The van der Waals surface area contributed by atoms with Crippen LogP contribution in [-0.2, 0) is 18.4 Å². The fraction of sp³-hybridized carbons (Fsp3) is 0.524. The first-order valence-corrected chi connectivity index (χ1v) is 9.44. The second kappa shape index (κ2) is 9.44. The molecule has 0 fully saturated rings. The van der Waals surface area contributed by atoms with Gasteiger partial charge in [0.2, 0.25) is 5.89 Å². The Balaban J connectivity index is 1.92. The Morgan fingerprint density at radius 1 is 1.26 bits per heavy atom. The maximum absolute atomic E-state index is 5.80. The van der Waals surface area contributed by atoms with Gasteiger partial charge in [0.05, 0.1) is 13.3 Å². The van der Waals surface area contributed by atoms with E-state index in [0.717, 1.165) is 42.5 Å². The number of ether oxygens (including phenoxy) is 1. The van der Waals surface area contributed by atoms with Crippen molar-refractivity contribution in [2.45, 2.75) is 53.0 Å². The van der Waals surface area contributed by atoms with Crippen LogP contribution in [0.5, 0.6) is 5.75 Å². The molecule has 148 valence electrons. The number of aliphatic imine (C=N–C) groups is 1. The normalized spacial score (nSPS) is 12.1. The smallest absolute Gasteiger partial charge is 0.216 e. The van der Waals surface area contributed by atoms with Crippen LogP contribution in [0.15, 0.2) is 33.8 Å². The number of benzene rings is 1. The van der Waals surface area contributed by atoms with Crippen molar-refractivity contribution >= 4 is 5.96 Å². The van der Waals surface area contributed by atoms with E-state index in [9.17, 15) is 0 Å². The summed E-state index contributed by atoms with van der Waals surface area (Å²) in [5, 5.41) is 6.61. The van der Waals surface area contributed by atoms with Crippen LogP contribution in [0.25, 0.3) is 0 Å². The molecular weight excluding hydrogens is 340 g/mol. The summed E-state index contributed by atoms with van der Waals surface area (Å²) in [4.78, 5) is 8.90. The number of nitrogens with zero attached hydrogens (tertiary/aromatic N) is 2. The second-order valence-electron chi connectivity index (χ2n) is 7.54. The maximum Gasteiger partial charge on any atom is 0.216 e. The van der Waals surface area contributed by atoms with E-state index in [4.69, 9.17) is 9.15 Å². The molecule has 0 aliphatic rings. The first-order valence-electron chi connectivity index (χ1n) is 9.44. The lowest BCUT2D eigenvalue weighted by molar-refractivity contribution is 0.383. The number of oxazole rings is 1. The SMILES string of the molecule is CCNC(=NCc1ncc(C(C)(C)C)o1)NCCc1ccc(C)c(OC)c1. The number of rotatable bonds is 7. The van der Waals surface area contributed by atoms with Crippen molar-refractivity contribution in [3.63, 3.8) is 0 Å². The number of hydrogen-bond donors (Lipinski definition) is 2. The van der Waals surface area contributed by atoms with Gasteiger partial charge >= 0.3 is 0 Å². The van der Waals surface area contributed by atoms with E-state index in [1.54, 1.807) is 13.3 Å². The zero-order valence-corrected chi connectivity index (χ0v) is 17.3. The fourth-order valence-corrected chi connectivity index (χ4v) is 2.56. The Morgan fingerprint density at radius 2 is 2.04 bits per heavy atom. The number of guanidine groups is 1. The molecular formula is C21H32N4O2. The summed E-state index contributed by atoms with van der Waals surface area (Å²) >= 11 is 0. The summed E-state index contributed by atoms with van der Waals surface area (Å²) in [5.41, 5.74) is 2.32.